The monoisotopic (exact) mass is 234 g/mol. The van der Waals surface area contributed by atoms with Crippen molar-refractivity contribution in [3.8, 4) is 0 Å². The zero-order valence-corrected chi connectivity index (χ0v) is 10.0. The molecule has 1 saturated heterocycles. The molecule has 1 fully saturated rings. The maximum atomic E-state index is 10.4. The van der Waals surface area contributed by atoms with Crippen LogP contribution in [-0.2, 0) is 11.1 Å². The quantitative estimate of drug-likeness (QED) is 0.697. The summed E-state index contributed by atoms with van der Waals surface area (Å²) < 4.78 is 20.7. The summed E-state index contributed by atoms with van der Waals surface area (Å²) in [4.78, 5) is 2.26. The van der Waals surface area contributed by atoms with Crippen LogP contribution in [0.1, 0.15) is 26.2 Å². The van der Waals surface area contributed by atoms with Crippen molar-refractivity contribution in [2.45, 2.75) is 32.3 Å². The Balaban J connectivity index is 2.21. The van der Waals surface area contributed by atoms with Crippen LogP contribution in [-0.4, -0.2) is 50.3 Å². The summed E-state index contributed by atoms with van der Waals surface area (Å²) in [7, 11) is 0. The lowest BCUT2D eigenvalue weighted by atomic mass is 9.93. The van der Waals surface area contributed by atoms with Gasteiger partial charge in [-0.25, -0.2) is 0 Å². The molecule has 0 spiro atoms. The number of piperidine rings is 1. The normalized spacial score (nSPS) is 27.5. The topological polar surface area (TPSA) is 63.6 Å². The molecule has 0 aromatic carbocycles. The van der Waals surface area contributed by atoms with Crippen molar-refractivity contribution in [2.75, 3.05) is 25.4 Å². The van der Waals surface area contributed by atoms with Gasteiger partial charge in [0.15, 0.2) is 0 Å². The van der Waals surface area contributed by atoms with E-state index < -0.39 is 11.1 Å². The van der Waals surface area contributed by atoms with E-state index in [9.17, 15) is 13.9 Å². The van der Waals surface area contributed by atoms with Crippen molar-refractivity contribution in [3.05, 3.63) is 0 Å². The number of aliphatic hydroxyl groups excluding tert-OH is 1. The van der Waals surface area contributed by atoms with E-state index in [0.717, 1.165) is 32.5 Å². The molecular weight excluding hydrogens is 214 g/mol. The fourth-order valence-corrected chi connectivity index (χ4v) is 2.46. The van der Waals surface area contributed by atoms with Crippen LogP contribution in [0.15, 0.2) is 0 Å². The van der Waals surface area contributed by atoms with Crippen molar-refractivity contribution in [1.29, 1.82) is 0 Å². The van der Waals surface area contributed by atoms with Gasteiger partial charge in [-0.1, -0.05) is 11.1 Å². The first-order chi connectivity index (χ1) is 7.09. The van der Waals surface area contributed by atoms with E-state index in [1.807, 2.05) is 6.92 Å². The van der Waals surface area contributed by atoms with E-state index in [1.54, 1.807) is 0 Å². The van der Waals surface area contributed by atoms with E-state index in [1.165, 1.54) is 0 Å². The van der Waals surface area contributed by atoms with Crippen LogP contribution in [0, 0.1) is 5.92 Å². The predicted octanol–water partition coefficient (Wildman–Crippen LogP) is 0.348. The SMILES string of the molecule is CC(O)C1CCCN(CCCS(=O)[O-])C1. The molecule has 1 aliphatic heterocycles. The highest BCUT2D eigenvalue weighted by molar-refractivity contribution is 7.79. The molecule has 90 valence electrons. The summed E-state index contributed by atoms with van der Waals surface area (Å²) in [5.41, 5.74) is 0. The molecule has 0 radical (unpaired) electrons. The van der Waals surface area contributed by atoms with Gasteiger partial charge in [0.05, 0.1) is 6.10 Å². The van der Waals surface area contributed by atoms with Crippen LogP contribution in [0.5, 0.6) is 0 Å². The number of rotatable bonds is 5. The highest BCUT2D eigenvalue weighted by Gasteiger charge is 2.22. The Morgan fingerprint density at radius 1 is 1.67 bits per heavy atom. The number of hydrogen-bond donors (Lipinski definition) is 1. The number of hydrogen-bond acceptors (Lipinski definition) is 4. The summed E-state index contributed by atoms with van der Waals surface area (Å²) in [6.07, 6.45) is 2.64. The van der Waals surface area contributed by atoms with Crippen LogP contribution in [0.3, 0.4) is 0 Å². The van der Waals surface area contributed by atoms with Crippen molar-refractivity contribution in [1.82, 2.24) is 4.90 Å². The first-order valence-corrected chi connectivity index (χ1v) is 6.80. The van der Waals surface area contributed by atoms with Crippen LogP contribution in [0.2, 0.25) is 0 Å². The second kappa shape index (κ2) is 6.58. The van der Waals surface area contributed by atoms with Crippen molar-refractivity contribution in [2.24, 2.45) is 5.92 Å². The Kier molecular flexibility index (Phi) is 5.74. The fraction of sp³-hybridized carbons (Fsp3) is 1.00. The molecule has 1 rings (SSSR count). The lowest BCUT2D eigenvalue weighted by molar-refractivity contribution is 0.0630. The first-order valence-electron chi connectivity index (χ1n) is 5.56. The third-order valence-corrected chi connectivity index (χ3v) is 3.63. The van der Waals surface area contributed by atoms with Gasteiger partial charge in [-0.3, -0.25) is 4.21 Å². The van der Waals surface area contributed by atoms with E-state index in [4.69, 9.17) is 0 Å². The van der Waals surface area contributed by atoms with Crippen LogP contribution >= 0.6 is 0 Å². The summed E-state index contributed by atoms with van der Waals surface area (Å²) in [5, 5.41) is 9.48. The number of likely N-dealkylation sites (tertiary alicyclic amines) is 1. The summed E-state index contributed by atoms with van der Waals surface area (Å²) in [6, 6.07) is 0. The molecule has 0 aliphatic carbocycles. The maximum absolute atomic E-state index is 10.4. The van der Waals surface area contributed by atoms with Gasteiger partial charge in [-0.2, -0.15) is 0 Å². The lowest BCUT2D eigenvalue weighted by Gasteiger charge is -2.34. The molecule has 1 N–H and O–H groups in total. The highest BCUT2D eigenvalue weighted by Crippen LogP contribution is 2.19. The Bertz CT molecular complexity index is 211. The summed E-state index contributed by atoms with van der Waals surface area (Å²) in [5.74, 6) is 0.604. The molecule has 0 saturated carbocycles. The van der Waals surface area contributed by atoms with Crippen LogP contribution in [0.25, 0.3) is 0 Å². The molecule has 3 unspecified atom stereocenters. The molecule has 0 bridgehead atoms. The molecule has 1 heterocycles. The molecular formula is C10H20NO3S-. The van der Waals surface area contributed by atoms with Gasteiger partial charge in [0.2, 0.25) is 0 Å². The zero-order chi connectivity index (χ0) is 11.3. The van der Waals surface area contributed by atoms with E-state index in [2.05, 4.69) is 4.90 Å². The third-order valence-electron chi connectivity index (χ3n) is 3.01. The zero-order valence-electron chi connectivity index (χ0n) is 9.22. The highest BCUT2D eigenvalue weighted by atomic mass is 32.2. The van der Waals surface area contributed by atoms with Gasteiger partial charge in [-0.15, -0.1) is 0 Å². The molecule has 4 nitrogen and oxygen atoms in total. The first kappa shape index (κ1) is 13.1. The van der Waals surface area contributed by atoms with E-state index in [0.29, 0.717) is 12.3 Å². The van der Waals surface area contributed by atoms with Gasteiger partial charge in [0.25, 0.3) is 0 Å². The average Bonchev–Trinajstić information content (AvgIpc) is 2.17. The van der Waals surface area contributed by atoms with Gasteiger partial charge >= 0.3 is 0 Å². The fourth-order valence-electron chi connectivity index (χ4n) is 2.09. The minimum absolute atomic E-state index is 0.246. The third kappa shape index (κ3) is 5.06. The molecule has 0 aromatic heterocycles. The van der Waals surface area contributed by atoms with Crippen molar-refractivity contribution in [3.63, 3.8) is 0 Å². The Labute approximate surface area is 93.9 Å². The Morgan fingerprint density at radius 2 is 2.40 bits per heavy atom. The lowest BCUT2D eigenvalue weighted by Crippen LogP contribution is -2.40. The van der Waals surface area contributed by atoms with Crippen molar-refractivity contribution >= 4 is 11.1 Å². The minimum Gasteiger partial charge on any atom is -0.772 e. The molecule has 0 aromatic rings. The maximum Gasteiger partial charge on any atom is 0.0552 e. The van der Waals surface area contributed by atoms with Crippen molar-refractivity contribution < 1.29 is 13.9 Å². The smallest absolute Gasteiger partial charge is 0.0552 e. The second-order valence-corrected chi connectivity index (χ2v) is 5.32. The molecule has 1 aliphatic rings. The molecule has 3 atom stereocenters. The van der Waals surface area contributed by atoms with Gasteiger partial charge in [0, 0.05) is 12.3 Å². The number of aliphatic hydroxyl groups is 1. The van der Waals surface area contributed by atoms with Crippen LogP contribution in [0.4, 0.5) is 0 Å². The van der Waals surface area contributed by atoms with Gasteiger partial charge < -0.3 is 14.6 Å². The van der Waals surface area contributed by atoms with E-state index in [-0.39, 0.29) is 11.9 Å². The van der Waals surface area contributed by atoms with Gasteiger partial charge in [-0.05, 0) is 45.2 Å². The van der Waals surface area contributed by atoms with Gasteiger partial charge in [0.1, 0.15) is 0 Å². The van der Waals surface area contributed by atoms with Crippen LogP contribution < -0.4 is 0 Å². The van der Waals surface area contributed by atoms with E-state index >= 15 is 0 Å². The molecule has 15 heavy (non-hydrogen) atoms. The Morgan fingerprint density at radius 3 is 3.00 bits per heavy atom. The standard InChI is InChI=1S/C10H21NO3S/c1-9(12)10-4-2-5-11(8-10)6-3-7-15(13)14/h9-10,12H,2-8H2,1H3,(H,13,14)/p-1. The average molecular weight is 234 g/mol. The Hall–Kier alpha value is 0.0300. The minimum atomic E-state index is -1.91. The second-order valence-electron chi connectivity index (χ2n) is 4.30. The summed E-state index contributed by atoms with van der Waals surface area (Å²) >= 11 is -1.91. The summed E-state index contributed by atoms with van der Waals surface area (Å²) in [6.45, 7) is 4.61. The largest absolute Gasteiger partial charge is 0.772 e. The number of nitrogens with zero attached hydrogens (tertiary/aromatic N) is 1. The molecule has 0 amide bonds. The predicted molar refractivity (Wildman–Crippen MR) is 59.2 cm³/mol. The molecule has 5 heteroatoms.